The summed E-state index contributed by atoms with van der Waals surface area (Å²) >= 11 is 0. The van der Waals surface area contributed by atoms with Gasteiger partial charge in [-0.3, -0.25) is 4.79 Å². The normalized spacial score (nSPS) is 11.1. The molecule has 0 aliphatic carbocycles. The number of rotatable bonds is 6. The molecule has 0 saturated heterocycles. The van der Waals surface area contributed by atoms with Gasteiger partial charge in [-0.25, -0.2) is 9.97 Å². The van der Waals surface area contributed by atoms with Crippen molar-refractivity contribution in [2.45, 2.75) is 13.0 Å². The number of hydrogen-bond donors (Lipinski definition) is 1. The van der Waals surface area contributed by atoms with Crippen molar-refractivity contribution < 1.29 is 4.79 Å². The van der Waals surface area contributed by atoms with E-state index in [1.165, 1.54) is 6.08 Å². The topological polar surface area (TPSA) is 59.8 Å². The predicted molar refractivity (Wildman–Crippen MR) is 90.6 cm³/mol. The molecule has 0 aliphatic rings. The molecule has 3 aromatic rings. The fourth-order valence-electron chi connectivity index (χ4n) is 2.29. The van der Waals surface area contributed by atoms with E-state index in [2.05, 4.69) is 15.3 Å². The summed E-state index contributed by atoms with van der Waals surface area (Å²) in [7, 11) is 0. The molecule has 0 radical (unpaired) electrons. The SMILES string of the molecule is O=C(/C=C/c1ccc2ccccc2n1)NCCCn1ccnc1. The molecule has 5 nitrogen and oxygen atoms in total. The number of pyridine rings is 1. The van der Waals surface area contributed by atoms with Gasteiger partial charge in [-0.15, -0.1) is 0 Å². The first kappa shape index (κ1) is 15.0. The van der Waals surface area contributed by atoms with Crippen molar-refractivity contribution in [2.75, 3.05) is 6.54 Å². The van der Waals surface area contributed by atoms with Crippen LogP contribution in [0, 0.1) is 0 Å². The third kappa shape index (κ3) is 4.26. The maximum Gasteiger partial charge on any atom is 0.244 e. The highest BCUT2D eigenvalue weighted by atomic mass is 16.1. The van der Waals surface area contributed by atoms with Crippen LogP contribution >= 0.6 is 0 Å². The summed E-state index contributed by atoms with van der Waals surface area (Å²) in [6.45, 7) is 1.47. The molecule has 1 N–H and O–H groups in total. The van der Waals surface area contributed by atoms with Crippen LogP contribution in [0.15, 0.2) is 61.2 Å². The van der Waals surface area contributed by atoms with Crippen LogP contribution < -0.4 is 5.32 Å². The molecule has 1 aromatic carbocycles. The van der Waals surface area contributed by atoms with E-state index in [1.54, 1.807) is 18.6 Å². The minimum atomic E-state index is -0.106. The Morgan fingerprint density at radius 1 is 1.22 bits per heavy atom. The smallest absolute Gasteiger partial charge is 0.244 e. The van der Waals surface area contributed by atoms with Gasteiger partial charge in [0.1, 0.15) is 0 Å². The maximum atomic E-state index is 11.8. The third-order valence-corrected chi connectivity index (χ3v) is 3.48. The molecule has 1 amide bonds. The minimum Gasteiger partial charge on any atom is -0.352 e. The van der Waals surface area contributed by atoms with Gasteiger partial charge in [0.15, 0.2) is 0 Å². The quantitative estimate of drug-likeness (QED) is 0.562. The van der Waals surface area contributed by atoms with Crippen molar-refractivity contribution in [2.24, 2.45) is 0 Å². The maximum absolute atomic E-state index is 11.8. The lowest BCUT2D eigenvalue weighted by atomic mass is 10.2. The second-order valence-corrected chi connectivity index (χ2v) is 5.21. The highest BCUT2D eigenvalue weighted by Gasteiger charge is 1.98. The number of carbonyl (C=O) groups is 1. The zero-order valence-electron chi connectivity index (χ0n) is 12.7. The number of benzene rings is 1. The highest BCUT2D eigenvalue weighted by molar-refractivity contribution is 5.91. The summed E-state index contributed by atoms with van der Waals surface area (Å²) in [5.74, 6) is -0.106. The highest BCUT2D eigenvalue weighted by Crippen LogP contribution is 2.12. The second-order valence-electron chi connectivity index (χ2n) is 5.21. The first-order valence-electron chi connectivity index (χ1n) is 7.59. The van der Waals surface area contributed by atoms with Gasteiger partial charge in [0.25, 0.3) is 0 Å². The zero-order valence-corrected chi connectivity index (χ0v) is 12.7. The van der Waals surface area contributed by atoms with Crippen LogP contribution in [0.4, 0.5) is 0 Å². The van der Waals surface area contributed by atoms with Crippen molar-refractivity contribution >= 4 is 22.9 Å². The summed E-state index contributed by atoms with van der Waals surface area (Å²) in [5.41, 5.74) is 1.70. The number of para-hydroxylation sites is 1. The Labute approximate surface area is 134 Å². The number of amides is 1. The van der Waals surface area contributed by atoms with E-state index in [0.717, 1.165) is 29.6 Å². The Morgan fingerprint density at radius 3 is 3.00 bits per heavy atom. The molecule has 5 heteroatoms. The monoisotopic (exact) mass is 306 g/mol. The lowest BCUT2D eigenvalue weighted by Gasteiger charge is -2.03. The van der Waals surface area contributed by atoms with Gasteiger partial charge >= 0.3 is 0 Å². The molecular formula is C18H18N4O. The van der Waals surface area contributed by atoms with E-state index in [1.807, 2.05) is 47.2 Å². The molecule has 2 aromatic heterocycles. The van der Waals surface area contributed by atoms with Crippen LogP contribution in [0.25, 0.3) is 17.0 Å². The average molecular weight is 306 g/mol. The van der Waals surface area contributed by atoms with Crippen LogP contribution in [0.3, 0.4) is 0 Å². The summed E-state index contributed by atoms with van der Waals surface area (Å²) in [6.07, 6.45) is 9.55. The molecule has 0 saturated carbocycles. The Morgan fingerprint density at radius 2 is 2.13 bits per heavy atom. The van der Waals surface area contributed by atoms with E-state index >= 15 is 0 Å². The van der Waals surface area contributed by atoms with Crippen molar-refractivity contribution in [3.05, 3.63) is 66.9 Å². The minimum absolute atomic E-state index is 0.106. The molecule has 0 bridgehead atoms. The third-order valence-electron chi connectivity index (χ3n) is 3.48. The Hall–Kier alpha value is -2.95. The summed E-state index contributed by atoms with van der Waals surface area (Å²) in [6, 6.07) is 11.8. The Balaban J connectivity index is 1.49. The first-order valence-corrected chi connectivity index (χ1v) is 7.59. The number of imidazole rings is 1. The van der Waals surface area contributed by atoms with Gasteiger partial charge in [0.2, 0.25) is 5.91 Å². The van der Waals surface area contributed by atoms with E-state index in [4.69, 9.17) is 0 Å². The molecule has 0 aliphatic heterocycles. The molecular weight excluding hydrogens is 288 g/mol. The van der Waals surface area contributed by atoms with Crippen LogP contribution in [0.1, 0.15) is 12.1 Å². The van der Waals surface area contributed by atoms with Gasteiger partial charge in [0, 0.05) is 36.9 Å². The standard InChI is InChI=1S/C18H18N4O/c23-18(20-10-3-12-22-13-11-19-14-22)9-8-16-7-6-15-4-1-2-5-17(15)21-16/h1-2,4-9,11,13-14H,3,10,12H2,(H,20,23)/b9-8+. The second kappa shape index (κ2) is 7.35. The van der Waals surface area contributed by atoms with Crippen LogP contribution in [0.2, 0.25) is 0 Å². The Bertz CT molecular complexity index is 809. The van der Waals surface area contributed by atoms with Crippen molar-refractivity contribution in [1.82, 2.24) is 19.9 Å². The van der Waals surface area contributed by atoms with Crippen LogP contribution in [0.5, 0.6) is 0 Å². The van der Waals surface area contributed by atoms with Crippen molar-refractivity contribution in [3.8, 4) is 0 Å². The van der Waals surface area contributed by atoms with E-state index in [0.29, 0.717) is 6.54 Å². The molecule has 0 unspecified atom stereocenters. The molecule has 3 rings (SSSR count). The average Bonchev–Trinajstić information content (AvgIpc) is 3.10. The van der Waals surface area contributed by atoms with Gasteiger partial charge in [-0.1, -0.05) is 24.3 Å². The number of aromatic nitrogens is 3. The van der Waals surface area contributed by atoms with Gasteiger partial charge < -0.3 is 9.88 Å². The van der Waals surface area contributed by atoms with E-state index < -0.39 is 0 Å². The van der Waals surface area contributed by atoms with Crippen molar-refractivity contribution in [1.29, 1.82) is 0 Å². The lowest BCUT2D eigenvalue weighted by Crippen LogP contribution is -2.23. The number of nitrogens with zero attached hydrogens (tertiary/aromatic N) is 3. The molecule has 0 atom stereocenters. The van der Waals surface area contributed by atoms with Gasteiger partial charge in [-0.05, 0) is 24.6 Å². The summed E-state index contributed by atoms with van der Waals surface area (Å²) in [5, 5.41) is 3.96. The van der Waals surface area contributed by atoms with Crippen molar-refractivity contribution in [3.63, 3.8) is 0 Å². The zero-order chi connectivity index (χ0) is 15.9. The lowest BCUT2D eigenvalue weighted by molar-refractivity contribution is -0.116. The summed E-state index contributed by atoms with van der Waals surface area (Å²) in [4.78, 5) is 20.3. The molecule has 116 valence electrons. The number of aryl methyl sites for hydroxylation is 1. The molecule has 23 heavy (non-hydrogen) atoms. The fraction of sp³-hybridized carbons (Fsp3) is 0.167. The van der Waals surface area contributed by atoms with Crippen LogP contribution in [-0.4, -0.2) is 27.0 Å². The summed E-state index contributed by atoms with van der Waals surface area (Å²) < 4.78 is 1.99. The number of nitrogens with one attached hydrogen (secondary N) is 1. The van der Waals surface area contributed by atoms with Crippen LogP contribution in [-0.2, 0) is 11.3 Å². The molecule has 2 heterocycles. The van der Waals surface area contributed by atoms with Gasteiger partial charge in [-0.2, -0.15) is 0 Å². The number of carbonyl (C=O) groups excluding carboxylic acids is 1. The first-order chi connectivity index (χ1) is 11.3. The van der Waals surface area contributed by atoms with E-state index in [9.17, 15) is 4.79 Å². The molecule has 0 fully saturated rings. The fourth-order valence-corrected chi connectivity index (χ4v) is 2.29. The number of fused-ring (bicyclic) bond motifs is 1. The Kier molecular flexibility index (Phi) is 4.79. The van der Waals surface area contributed by atoms with Gasteiger partial charge in [0.05, 0.1) is 17.5 Å². The number of hydrogen-bond acceptors (Lipinski definition) is 3. The molecule has 0 spiro atoms. The largest absolute Gasteiger partial charge is 0.352 e. The predicted octanol–water partition coefficient (Wildman–Crippen LogP) is 2.65. The van der Waals surface area contributed by atoms with E-state index in [-0.39, 0.29) is 5.91 Å².